The fourth-order valence-corrected chi connectivity index (χ4v) is 5.20. The van der Waals surface area contributed by atoms with Crippen molar-refractivity contribution >= 4 is 15.7 Å². The van der Waals surface area contributed by atoms with Crippen LogP contribution < -0.4 is 0 Å². The second-order valence-corrected chi connectivity index (χ2v) is 9.17. The molecular formula is C21H24FNO3S. The van der Waals surface area contributed by atoms with Gasteiger partial charge in [0.05, 0.1) is 10.1 Å². The first-order valence-corrected chi connectivity index (χ1v) is 10.8. The Kier molecular flexibility index (Phi) is 5.95. The third kappa shape index (κ3) is 4.38. The number of nitrogens with zero attached hydrogens (tertiary/aromatic N) is 1. The number of hydrogen-bond acceptors (Lipinski definition) is 3. The zero-order valence-electron chi connectivity index (χ0n) is 15.4. The molecule has 1 aliphatic rings. The molecule has 0 aromatic heterocycles. The van der Waals surface area contributed by atoms with Gasteiger partial charge in [0, 0.05) is 18.7 Å². The average Bonchev–Trinajstić information content (AvgIpc) is 2.69. The molecule has 1 amide bonds. The lowest BCUT2D eigenvalue weighted by Gasteiger charge is -2.31. The van der Waals surface area contributed by atoms with E-state index in [2.05, 4.69) is 6.92 Å². The molecule has 0 spiro atoms. The lowest BCUT2D eigenvalue weighted by molar-refractivity contribution is 0.0725. The Morgan fingerprint density at radius 3 is 2.19 bits per heavy atom. The van der Waals surface area contributed by atoms with Crippen molar-refractivity contribution in [1.29, 1.82) is 0 Å². The summed E-state index contributed by atoms with van der Waals surface area (Å²) >= 11 is 0. The topological polar surface area (TPSA) is 54.5 Å². The number of likely N-dealkylation sites (tertiary alicyclic amines) is 1. The Morgan fingerprint density at radius 1 is 1.04 bits per heavy atom. The van der Waals surface area contributed by atoms with Gasteiger partial charge in [-0.15, -0.1) is 0 Å². The van der Waals surface area contributed by atoms with Gasteiger partial charge in [0.2, 0.25) is 0 Å². The molecule has 2 aromatic carbocycles. The highest BCUT2D eigenvalue weighted by Crippen LogP contribution is 2.25. The molecule has 4 nitrogen and oxygen atoms in total. The quantitative estimate of drug-likeness (QED) is 0.730. The Hall–Kier alpha value is -2.21. The van der Waals surface area contributed by atoms with Gasteiger partial charge in [-0.25, -0.2) is 12.8 Å². The fraction of sp³-hybridized carbons (Fsp3) is 0.381. The highest BCUT2D eigenvalue weighted by Gasteiger charge is 2.32. The molecule has 0 aliphatic carbocycles. The first kappa shape index (κ1) is 19.5. The summed E-state index contributed by atoms with van der Waals surface area (Å²) in [7, 11) is -3.51. The van der Waals surface area contributed by atoms with Gasteiger partial charge >= 0.3 is 0 Å². The van der Waals surface area contributed by atoms with Gasteiger partial charge in [0.25, 0.3) is 5.91 Å². The minimum absolute atomic E-state index is 0.0596. The van der Waals surface area contributed by atoms with E-state index in [1.54, 1.807) is 4.90 Å². The van der Waals surface area contributed by atoms with Gasteiger partial charge in [-0.2, -0.15) is 0 Å². The molecule has 6 heteroatoms. The maximum absolute atomic E-state index is 13.0. The standard InChI is InChI=1S/C21H24FNO3S/c1-2-3-16-4-6-17(7-5-16)21(24)23-14-12-20(13-15-23)27(25,26)19-10-8-18(22)9-11-19/h4-11,20H,2-3,12-15H2,1H3. The van der Waals surface area contributed by atoms with Crippen molar-refractivity contribution in [1.82, 2.24) is 4.90 Å². The lowest BCUT2D eigenvalue weighted by atomic mass is 10.1. The smallest absolute Gasteiger partial charge is 0.253 e. The van der Waals surface area contributed by atoms with Crippen LogP contribution in [0, 0.1) is 5.82 Å². The van der Waals surface area contributed by atoms with Crippen molar-refractivity contribution in [3.8, 4) is 0 Å². The summed E-state index contributed by atoms with van der Waals surface area (Å²) in [5, 5.41) is -0.543. The van der Waals surface area contributed by atoms with E-state index in [1.807, 2.05) is 24.3 Å². The fourth-order valence-electron chi connectivity index (χ4n) is 3.47. The average molecular weight is 389 g/mol. The Bertz CT molecular complexity index is 884. The molecule has 0 bridgehead atoms. The van der Waals surface area contributed by atoms with Crippen LogP contribution in [-0.2, 0) is 16.3 Å². The number of benzene rings is 2. The Labute approximate surface area is 159 Å². The van der Waals surface area contributed by atoms with Crippen LogP contribution in [0.5, 0.6) is 0 Å². The normalized spacial score (nSPS) is 15.7. The number of carbonyl (C=O) groups excluding carboxylic acids is 1. The number of sulfone groups is 1. The van der Waals surface area contributed by atoms with Gasteiger partial charge in [-0.05, 0) is 61.2 Å². The molecule has 1 saturated heterocycles. The van der Waals surface area contributed by atoms with E-state index in [9.17, 15) is 17.6 Å². The molecule has 3 rings (SSSR count). The SMILES string of the molecule is CCCc1ccc(C(=O)N2CCC(S(=O)(=O)c3ccc(F)cc3)CC2)cc1. The van der Waals surface area contributed by atoms with Crippen LogP contribution in [0.4, 0.5) is 4.39 Å². The van der Waals surface area contributed by atoms with Crippen molar-refractivity contribution < 1.29 is 17.6 Å². The van der Waals surface area contributed by atoms with Gasteiger partial charge in [-0.1, -0.05) is 25.5 Å². The van der Waals surface area contributed by atoms with E-state index >= 15 is 0 Å². The molecular weight excluding hydrogens is 365 g/mol. The minimum atomic E-state index is -3.51. The van der Waals surface area contributed by atoms with E-state index in [0.29, 0.717) is 31.5 Å². The van der Waals surface area contributed by atoms with Crippen LogP contribution in [0.1, 0.15) is 42.1 Å². The summed E-state index contributed by atoms with van der Waals surface area (Å²) in [6.45, 7) is 2.92. The zero-order valence-corrected chi connectivity index (χ0v) is 16.2. The van der Waals surface area contributed by atoms with Crippen LogP contribution in [0.15, 0.2) is 53.4 Å². The van der Waals surface area contributed by atoms with Gasteiger partial charge in [0.1, 0.15) is 5.82 Å². The number of hydrogen-bond donors (Lipinski definition) is 0. The van der Waals surface area contributed by atoms with Gasteiger partial charge in [0.15, 0.2) is 9.84 Å². The predicted octanol–water partition coefficient (Wildman–Crippen LogP) is 3.86. The number of piperidine rings is 1. The van der Waals surface area contributed by atoms with E-state index < -0.39 is 20.9 Å². The van der Waals surface area contributed by atoms with Gasteiger partial charge in [-0.3, -0.25) is 4.79 Å². The van der Waals surface area contributed by atoms with Crippen LogP contribution in [0.25, 0.3) is 0 Å². The molecule has 1 aliphatic heterocycles. The molecule has 144 valence electrons. The number of aryl methyl sites for hydroxylation is 1. The molecule has 0 saturated carbocycles. The number of carbonyl (C=O) groups is 1. The minimum Gasteiger partial charge on any atom is -0.339 e. The summed E-state index contributed by atoms with van der Waals surface area (Å²) < 4.78 is 38.5. The summed E-state index contributed by atoms with van der Waals surface area (Å²) in [6, 6.07) is 12.6. The van der Waals surface area contributed by atoms with Crippen molar-refractivity contribution in [2.24, 2.45) is 0 Å². The monoisotopic (exact) mass is 389 g/mol. The largest absolute Gasteiger partial charge is 0.339 e. The van der Waals surface area contributed by atoms with Crippen molar-refractivity contribution in [3.63, 3.8) is 0 Å². The molecule has 0 radical (unpaired) electrons. The molecule has 27 heavy (non-hydrogen) atoms. The molecule has 0 N–H and O–H groups in total. The van der Waals surface area contributed by atoms with E-state index in [1.165, 1.54) is 17.7 Å². The van der Waals surface area contributed by atoms with Crippen molar-refractivity contribution in [3.05, 3.63) is 65.5 Å². The first-order valence-electron chi connectivity index (χ1n) is 9.29. The highest BCUT2D eigenvalue weighted by atomic mass is 32.2. The van der Waals surface area contributed by atoms with Crippen LogP contribution in [-0.4, -0.2) is 37.6 Å². The predicted molar refractivity (Wildman–Crippen MR) is 103 cm³/mol. The summed E-state index contributed by atoms with van der Waals surface area (Å²) in [6.07, 6.45) is 2.82. The molecule has 1 fully saturated rings. The van der Waals surface area contributed by atoms with E-state index in [4.69, 9.17) is 0 Å². The molecule has 0 unspecified atom stereocenters. The van der Waals surface area contributed by atoms with E-state index in [-0.39, 0.29) is 10.8 Å². The third-order valence-electron chi connectivity index (χ3n) is 5.05. The molecule has 2 aromatic rings. The van der Waals surface area contributed by atoms with Gasteiger partial charge < -0.3 is 4.90 Å². The Morgan fingerprint density at radius 2 is 1.63 bits per heavy atom. The van der Waals surface area contributed by atoms with Crippen LogP contribution >= 0.6 is 0 Å². The summed E-state index contributed by atoms with van der Waals surface area (Å²) in [5.74, 6) is -0.519. The Balaban J connectivity index is 1.64. The van der Waals surface area contributed by atoms with E-state index in [0.717, 1.165) is 25.0 Å². The first-order chi connectivity index (χ1) is 12.9. The zero-order chi connectivity index (χ0) is 19.4. The summed E-state index contributed by atoms with van der Waals surface area (Å²) in [5.41, 5.74) is 1.84. The maximum atomic E-state index is 13.0. The second-order valence-electron chi connectivity index (χ2n) is 6.94. The number of rotatable bonds is 5. The lowest BCUT2D eigenvalue weighted by Crippen LogP contribution is -2.42. The van der Waals surface area contributed by atoms with Crippen molar-refractivity contribution in [2.45, 2.75) is 42.8 Å². The van der Waals surface area contributed by atoms with Crippen LogP contribution in [0.3, 0.4) is 0 Å². The summed E-state index contributed by atoms with van der Waals surface area (Å²) in [4.78, 5) is 14.5. The number of halogens is 1. The molecule has 1 heterocycles. The number of amides is 1. The highest BCUT2D eigenvalue weighted by molar-refractivity contribution is 7.92. The van der Waals surface area contributed by atoms with Crippen molar-refractivity contribution in [2.75, 3.05) is 13.1 Å². The molecule has 0 atom stereocenters. The third-order valence-corrected chi connectivity index (χ3v) is 7.33. The second kappa shape index (κ2) is 8.21. The van der Waals surface area contributed by atoms with Crippen LogP contribution in [0.2, 0.25) is 0 Å². The maximum Gasteiger partial charge on any atom is 0.253 e.